The molecule has 1 aromatic rings. The number of hydrogen-bond donors (Lipinski definition) is 0. The molecule has 0 aliphatic heterocycles. The molecule has 15 heavy (non-hydrogen) atoms. The predicted octanol–water partition coefficient (Wildman–Crippen LogP) is 2.11. The lowest BCUT2D eigenvalue weighted by Crippen LogP contribution is -2.40. The summed E-state index contributed by atoms with van der Waals surface area (Å²) in [5, 5.41) is 1.30. The second kappa shape index (κ2) is 5.37. The molecule has 1 heterocycles. The van der Waals surface area contributed by atoms with Gasteiger partial charge in [0.25, 0.3) is 0 Å². The fraction of sp³-hybridized carbons (Fsp3) is 0.545. The second-order valence-electron chi connectivity index (χ2n) is 4.49. The van der Waals surface area contributed by atoms with Gasteiger partial charge in [0.05, 0.1) is 27.0 Å². The van der Waals surface area contributed by atoms with Gasteiger partial charge in [0.2, 0.25) is 0 Å². The molecule has 0 spiro atoms. The van der Waals surface area contributed by atoms with Gasteiger partial charge in [0.1, 0.15) is 6.67 Å². The maximum Gasteiger partial charge on any atom is 0.113 e. The van der Waals surface area contributed by atoms with Gasteiger partial charge in [0, 0.05) is 6.20 Å². The number of halogens is 1. The van der Waals surface area contributed by atoms with Crippen LogP contribution in [0.4, 0.5) is 4.39 Å². The Hall–Kier alpha value is -0.743. The van der Waals surface area contributed by atoms with Crippen molar-refractivity contribution in [3.63, 3.8) is 0 Å². The summed E-state index contributed by atoms with van der Waals surface area (Å²) in [4.78, 5) is 4.30. The summed E-state index contributed by atoms with van der Waals surface area (Å²) in [5.74, 6) is 0. The third-order valence-electron chi connectivity index (χ3n) is 2.16. The minimum atomic E-state index is -1.37. The van der Waals surface area contributed by atoms with Crippen LogP contribution in [0.15, 0.2) is 18.3 Å². The van der Waals surface area contributed by atoms with Crippen molar-refractivity contribution >= 4 is 13.3 Å². The topological polar surface area (TPSA) is 22.1 Å². The molecule has 0 fully saturated rings. The molecule has 0 radical (unpaired) electrons. The third-order valence-corrected chi connectivity index (χ3v) is 4.23. The summed E-state index contributed by atoms with van der Waals surface area (Å²) in [6, 6.07) is 4.06. The van der Waals surface area contributed by atoms with E-state index in [1.165, 1.54) is 5.19 Å². The monoisotopic (exact) mass is 227 g/mol. The maximum absolute atomic E-state index is 11.9. The Balaban J connectivity index is 2.78. The highest BCUT2D eigenvalue weighted by Gasteiger charge is 2.20. The Bertz CT molecular complexity index is 312. The molecule has 0 bridgehead atoms. The van der Waals surface area contributed by atoms with Gasteiger partial charge in [-0.25, -0.2) is 4.39 Å². The van der Waals surface area contributed by atoms with Crippen molar-refractivity contribution in [2.75, 3.05) is 13.3 Å². The van der Waals surface area contributed by atoms with E-state index in [2.05, 4.69) is 30.7 Å². The van der Waals surface area contributed by atoms with Gasteiger partial charge in [0.15, 0.2) is 0 Å². The Kier molecular flexibility index (Phi) is 4.41. The number of ether oxygens (including phenoxy) is 1. The number of aromatic nitrogens is 1. The molecular weight excluding hydrogens is 209 g/mol. The smallest absolute Gasteiger partial charge is 0.113 e. The van der Waals surface area contributed by atoms with E-state index in [4.69, 9.17) is 4.74 Å². The van der Waals surface area contributed by atoms with E-state index >= 15 is 0 Å². The van der Waals surface area contributed by atoms with Crippen LogP contribution in [0, 0.1) is 0 Å². The first-order valence-electron chi connectivity index (χ1n) is 5.14. The first kappa shape index (κ1) is 12.3. The second-order valence-corrected chi connectivity index (χ2v) is 9.53. The van der Waals surface area contributed by atoms with E-state index in [-0.39, 0.29) is 6.61 Å². The van der Waals surface area contributed by atoms with Crippen LogP contribution in [-0.2, 0) is 11.3 Å². The molecule has 1 rings (SSSR count). The Morgan fingerprint density at radius 3 is 2.73 bits per heavy atom. The van der Waals surface area contributed by atoms with Crippen LogP contribution in [0.2, 0.25) is 19.6 Å². The molecule has 2 nitrogen and oxygen atoms in total. The van der Waals surface area contributed by atoms with E-state index < -0.39 is 14.7 Å². The molecule has 0 unspecified atom stereocenters. The molecule has 0 amide bonds. The Morgan fingerprint density at radius 1 is 1.40 bits per heavy atom. The van der Waals surface area contributed by atoms with Crippen LogP contribution in [0.1, 0.15) is 5.69 Å². The van der Waals surface area contributed by atoms with Crippen LogP contribution < -0.4 is 5.19 Å². The van der Waals surface area contributed by atoms with Crippen molar-refractivity contribution in [1.29, 1.82) is 0 Å². The van der Waals surface area contributed by atoms with Gasteiger partial charge in [-0.3, -0.25) is 4.98 Å². The number of rotatable bonds is 5. The van der Waals surface area contributed by atoms with Crippen molar-refractivity contribution in [2.45, 2.75) is 26.2 Å². The van der Waals surface area contributed by atoms with Crippen LogP contribution >= 0.6 is 0 Å². The molecule has 0 saturated heterocycles. The summed E-state index contributed by atoms with van der Waals surface area (Å²) < 4.78 is 17.1. The Morgan fingerprint density at radius 2 is 2.13 bits per heavy atom. The van der Waals surface area contributed by atoms with E-state index in [0.717, 1.165) is 5.69 Å². The van der Waals surface area contributed by atoms with Gasteiger partial charge in [-0.1, -0.05) is 25.7 Å². The summed E-state index contributed by atoms with van der Waals surface area (Å²) in [5.41, 5.74) is 0.963. The SMILES string of the molecule is C[Si](C)(C)c1cccnc1COCCF. The van der Waals surface area contributed by atoms with E-state index in [9.17, 15) is 4.39 Å². The van der Waals surface area contributed by atoms with Gasteiger partial charge in [-0.05, 0) is 11.3 Å². The zero-order valence-corrected chi connectivity index (χ0v) is 10.6. The maximum atomic E-state index is 11.9. The van der Waals surface area contributed by atoms with Crippen LogP contribution in [-0.4, -0.2) is 26.3 Å². The number of hydrogen-bond acceptors (Lipinski definition) is 2. The molecule has 0 N–H and O–H groups in total. The molecule has 0 aliphatic carbocycles. The lowest BCUT2D eigenvalue weighted by molar-refractivity contribution is 0.105. The number of pyridine rings is 1. The lowest BCUT2D eigenvalue weighted by atomic mass is 10.4. The fourth-order valence-corrected chi connectivity index (χ4v) is 3.06. The summed E-state index contributed by atoms with van der Waals surface area (Å²) >= 11 is 0. The highest BCUT2D eigenvalue weighted by atomic mass is 28.3. The standard InChI is InChI=1S/C11H18FNOSi/c1-15(2,3)11-5-4-7-13-10(11)9-14-8-6-12/h4-5,7H,6,8-9H2,1-3H3. The zero-order chi connectivity index (χ0) is 11.3. The summed E-state index contributed by atoms with van der Waals surface area (Å²) in [6.07, 6.45) is 1.76. The molecule has 0 atom stereocenters. The zero-order valence-electron chi connectivity index (χ0n) is 9.59. The molecule has 4 heteroatoms. The fourth-order valence-electron chi connectivity index (χ4n) is 1.46. The quantitative estimate of drug-likeness (QED) is 0.568. The summed E-state index contributed by atoms with van der Waals surface area (Å²) in [6.45, 7) is 6.94. The molecule has 0 saturated carbocycles. The summed E-state index contributed by atoms with van der Waals surface area (Å²) in [7, 11) is -1.37. The normalized spacial score (nSPS) is 11.7. The van der Waals surface area contributed by atoms with E-state index in [1.54, 1.807) is 6.20 Å². The molecule has 0 aromatic carbocycles. The third kappa shape index (κ3) is 3.72. The molecule has 84 valence electrons. The van der Waals surface area contributed by atoms with Crippen molar-refractivity contribution in [3.05, 3.63) is 24.0 Å². The molecule has 0 aliphatic rings. The van der Waals surface area contributed by atoms with Gasteiger partial charge in [-0.2, -0.15) is 0 Å². The minimum absolute atomic E-state index is 0.154. The molecular formula is C11H18FNOSi. The number of alkyl halides is 1. The van der Waals surface area contributed by atoms with Crippen LogP contribution in [0.3, 0.4) is 0 Å². The largest absolute Gasteiger partial charge is 0.372 e. The first-order chi connectivity index (χ1) is 7.05. The minimum Gasteiger partial charge on any atom is -0.372 e. The highest BCUT2D eigenvalue weighted by molar-refractivity contribution is 6.89. The highest BCUT2D eigenvalue weighted by Crippen LogP contribution is 2.05. The van der Waals surface area contributed by atoms with Crippen molar-refractivity contribution in [2.24, 2.45) is 0 Å². The van der Waals surface area contributed by atoms with Crippen LogP contribution in [0.5, 0.6) is 0 Å². The van der Waals surface area contributed by atoms with Gasteiger partial charge in [-0.15, -0.1) is 0 Å². The number of nitrogens with zero attached hydrogens (tertiary/aromatic N) is 1. The van der Waals surface area contributed by atoms with E-state index in [1.807, 2.05) is 6.07 Å². The lowest BCUT2D eigenvalue weighted by Gasteiger charge is -2.19. The predicted molar refractivity (Wildman–Crippen MR) is 62.8 cm³/mol. The van der Waals surface area contributed by atoms with Gasteiger partial charge < -0.3 is 4.74 Å². The average molecular weight is 227 g/mol. The van der Waals surface area contributed by atoms with Crippen LogP contribution in [0.25, 0.3) is 0 Å². The van der Waals surface area contributed by atoms with Crippen molar-refractivity contribution < 1.29 is 9.13 Å². The average Bonchev–Trinajstić information content (AvgIpc) is 2.17. The van der Waals surface area contributed by atoms with E-state index in [0.29, 0.717) is 6.61 Å². The van der Waals surface area contributed by atoms with Crippen molar-refractivity contribution in [3.8, 4) is 0 Å². The van der Waals surface area contributed by atoms with Crippen molar-refractivity contribution in [1.82, 2.24) is 4.98 Å². The first-order valence-corrected chi connectivity index (χ1v) is 8.64. The molecule has 1 aromatic heterocycles. The Labute approximate surface area is 91.5 Å². The van der Waals surface area contributed by atoms with Gasteiger partial charge >= 0.3 is 0 Å².